The van der Waals surface area contributed by atoms with E-state index < -0.39 is 0 Å². The van der Waals surface area contributed by atoms with E-state index in [4.69, 9.17) is 5.73 Å². The summed E-state index contributed by atoms with van der Waals surface area (Å²) >= 11 is 0. The Hall–Kier alpha value is -1.90. The van der Waals surface area contributed by atoms with Gasteiger partial charge in [0, 0.05) is 19.6 Å². The SMILES string of the molecule is CCC1C(=O)NCCN1Cc1ccc(F)c(C#CCN)c1. The molecule has 1 atom stereocenters. The molecule has 2 rings (SSSR count). The minimum absolute atomic E-state index is 0.0639. The second kappa shape index (κ2) is 7.21. The number of nitrogens with zero attached hydrogens (tertiary/aromatic N) is 1. The number of benzene rings is 1. The number of hydrogen-bond donors (Lipinski definition) is 2. The first-order chi connectivity index (χ1) is 10.2. The molecule has 0 bridgehead atoms. The summed E-state index contributed by atoms with van der Waals surface area (Å²) in [6, 6.07) is 4.77. The van der Waals surface area contributed by atoms with Gasteiger partial charge in [-0.3, -0.25) is 9.69 Å². The van der Waals surface area contributed by atoms with Gasteiger partial charge in [0.15, 0.2) is 0 Å². The summed E-state index contributed by atoms with van der Waals surface area (Å²) in [6.45, 7) is 4.25. The van der Waals surface area contributed by atoms with Crippen molar-refractivity contribution in [1.82, 2.24) is 10.2 Å². The van der Waals surface area contributed by atoms with Crippen LogP contribution in [0, 0.1) is 17.7 Å². The van der Waals surface area contributed by atoms with E-state index in [9.17, 15) is 9.18 Å². The van der Waals surface area contributed by atoms with E-state index in [2.05, 4.69) is 22.1 Å². The maximum absolute atomic E-state index is 13.7. The van der Waals surface area contributed by atoms with Crippen LogP contribution in [0.4, 0.5) is 4.39 Å². The third-order valence-electron chi connectivity index (χ3n) is 3.57. The summed E-state index contributed by atoms with van der Waals surface area (Å²) < 4.78 is 13.7. The third-order valence-corrected chi connectivity index (χ3v) is 3.57. The second-order valence-corrected chi connectivity index (χ2v) is 5.01. The van der Waals surface area contributed by atoms with Crippen LogP contribution in [0.2, 0.25) is 0 Å². The van der Waals surface area contributed by atoms with Crippen LogP contribution in [0.25, 0.3) is 0 Å². The maximum Gasteiger partial charge on any atom is 0.237 e. The van der Waals surface area contributed by atoms with Gasteiger partial charge in [0.05, 0.1) is 18.2 Å². The Morgan fingerprint density at radius 2 is 2.33 bits per heavy atom. The molecule has 1 aliphatic rings. The van der Waals surface area contributed by atoms with Gasteiger partial charge in [0.2, 0.25) is 5.91 Å². The van der Waals surface area contributed by atoms with Crippen LogP contribution in [-0.2, 0) is 11.3 Å². The molecule has 0 radical (unpaired) electrons. The molecule has 21 heavy (non-hydrogen) atoms. The molecule has 1 aromatic carbocycles. The van der Waals surface area contributed by atoms with Gasteiger partial charge in [-0.2, -0.15) is 0 Å². The molecule has 1 aromatic rings. The van der Waals surface area contributed by atoms with Gasteiger partial charge < -0.3 is 11.1 Å². The topological polar surface area (TPSA) is 58.4 Å². The highest BCUT2D eigenvalue weighted by Crippen LogP contribution is 2.16. The van der Waals surface area contributed by atoms with Crippen molar-refractivity contribution in [1.29, 1.82) is 0 Å². The molecule has 4 nitrogen and oxygen atoms in total. The van der Waals surface area contributed by atoms with Gasteiger partial charge in [0.1, 0.15) is 5.82 Å². The molecule has 1 amide bonds. The van der Waals surface area contributed by atoms with Crippen LogP contribution in [0.3, 0.4) is 0 Å². The molecule has 1 aliphatic heterocycles. The largest absolute Gasteiger partial charge is 0.353 e. The van der Waals surface area contributed by atoms with E-state index in [1.807, 2.05) is 6.92 Å². The number of rotatable bonds is 3. The fourth-order valence-electron chi connectivity index (χ4n) is 2.54. The van der Waals surface area contributed by atoms with Crippen molar-refractivity contribution in [2.45, 2.75) is 25.9 Å². The fourth-order valence-corrected chi connectivity index (χ4v) is 2.54. The van der Waals surface area contributed by atoms with Crippen molar-refractivity contribution < 1.29 is 9.18 Å². The zero-order chi connectivity index (χ0) is 15.2. The molecule has 1 heterocycles. The maximum atomic E-state index is 13.7. The Morgan fingerprint density at radius 3 is 3.05 bits per heavy atom. The second-order valence-electron chi connectivity index (χ2n) is 5.01. The van der Waals surface area contributed by atoms with Crippen molar-refractivity contribution in [3.63, 3.8) is 0 Å². The Labute approximate surface area is 124 Å². The number of nitrogens with two attached hydrogens (primary N) is 1. The van der Waals surface area contributed by atoms with E-state index in [1.165, 1.54) is 6.07 Å². The molecule has 1 fully saturated rings. The van der Waals surface area contributed by atoms with E-state index in [-0.39, 0.29) is 24.3 Å². The van der Waals surface area contributed by atoms with E-state index in [1.54, 1.807) is 12.1 Å². The summed E-state index contributed by atoms with van der Waals surface area (Å²) in [5.74, 6) is 5.12. The van der Waals surface area contributed by atoms with Crippen molar-refractivity contribution in [3.05, 3.63) is 35.1 Å². The van der Waals surface area contributed by atoms with E-state index in [0.29, 0.717) is 18.7 Å². The average Bonchev–Trinajstić information content (AvgIpc) is 2.48. The molecule has 1 saturated heterocycles. The minimum atomic E-state index is -0.344. The number of carbonyl (C=O) groups is 1. The zero-order valence-corrected chi connectivity index (χ0v) is 12.2. The van der Waals surface area contributed by atoms with Crippen LogP contribution < -0.4 is 11.1 Å². The first-order valence-corrected chi connectivity index (χ1v) is 7.14. The first kappa shape index (κ1) is 15.5. The summed E-state index contributed by atoms with van der Waals surface area (Å²) in [5.41, 5.74) is 6.62. The van der Waals surface area contributed by atoms with Gasteiger partial charge in [-0.05, 0) is 24.1 Å². The van der Waals surface area contributed by atoms with Gasteiger partial charge in [-0.1, -0.05) is 24.8 Å². The predicted molar refractivity (Wildman–Crippen MR) is 79.8 cm³/mol. The highest BCUT2D eigenvalue weighted by atomic mass is 19.1. The standard InChI is InChI=1S/C16H20FN3O/c1-2-15-16(21)19-8-9-20(15)11-12-5-6-14(17)13(10-12)4-3-7-18/h5-6,10,15H,2,7-9,11,18H2,1H3,(H,19,21). The van der Waals surface area contributed by atoms with Crippen molar-refractivity contribution in [2.75, 3.05) is 19.6 Å². The zero-order valence-electron chi connectivity index (χ0n) is 12.2. The lowest BCUT2D eigenvalue weighted by molar-refractivity contribution is -0.129. The summed E-state index contributed by atoms with van der Waals surface area (Å²) in [4.78, 5) is 14.0. The smallest absolute Gasteiger partial charge is 0.237 e. The number of amides is 1. The number of piperazine rings is 1. The average molecular weight is 289 g/mol. The van der Waals surface area contributed by atoms with Gasteiger partial charge in [-0.25, -0.2) is 4.39 Å². The van der Waals surface area contributed by atoms with Crippen LogP contribution in [0.1, 0.15) is 24.5 Å². The van der Waals surface area contributed by atoms with Gasteiger partial charge >= 0.3 is 0 Å². The Kier molecular flexibility index (Phi) is 5.32. The van der Waals surface area contributed by atoms with Gasteiger partial charge in [-0.15, -0.1) is 0 Å². The highest BCUT2D eigenvalue weighted by molar-refractivity contribution is 5.82. The lowest BCUT2D eigenvalue weighted by Crippen LogP contribution is -2.54. The monoisotopic (exact) mass is 289 g/mol. The summed E-state index contributed by atoms with van der Waals surface area (Å²) in [6.07, 6.45) is 0.757. The molecule has 0 saturated carbocycles. The minimum Gasteiger partial charge on any atom is -0.353 e. The normalized spacial score (nSPS) is 18.8. The lowest BCUT2D eigenvalue weighted by Gasteiger charge is -2.34. The molecular weight excluding hydrogens is 269 g/mol. The fraction of sp³-hybridized carbons (Fsp3) is 0.438. The van der Waals surface area contributed by atoms with Crippen LogP contribution in [0.15, 0.2) is 18.2 Å². The molecule has 0 spiro atoms. The quantitative estimate of drug-likeness (QED) is 0.811. The van der Waals surface area contributed by atoms with Crippen LogP contribution in [-0.4, -0.2) is 36.5 Å². The van der Waals surface area contributed by atoms with Crippen LogP contribution >= 0.6 is 0 Å². The lowest BCUT2D eigenvalue weighted by atomic mass is 10.1. The molecule has 0 aliphatic carbocycles. The number of nitrogens with one attached hydrogen (secondary N) is 1. The first-order valence-electron chi connectivity index (χ1n) is 7.14. The third kappa shape index (κ3) is 3.81. The summed E-state index contributed by atoms with van der Waals surface area (Å²) in [7, 11) is 0. The Morgan fingerprint density at radius 1 is 1.52 bits per heavy atom. The highest BCUT2D eigenvalue weighted by Gasteiger charge is 2.27. The van der Waals surface area contributed by atoms with Gasteiger partial charge in [0.25, 0.3) is 0 Å². The van der Waals surface area contributed by atoms with Crippen molar-refractivity contribution in [2.24, 2.45) is 5.73 Å². The summed E-state index contributed by atoms with van der Waals surface area (Å²) in [5, 5.41) is 2.87. The van der Waals surface area contributed by atoms with E-state index >= 15 is 0 Å². The molecule has 3 N–H and O–H groups in total. The number of carbonyl (C=O) groups excluding carboxylic acids is 1. The molecule has 1 unspecified atom stereocenters. The Balaban J connectivity index is 2.17. The predicted octanol–water partition coefficient (Wildman–Crippen LogP) is 0.846. The van der Waals surface area contributed by atoms with Crippen LogP contribution in [0.5, 0.6) is 0 Å². The number of halogens is 1. The van der Waals surface area contributed by atoms with E-state index in [0.717, 1.165) is 18.5 Å². The molecule has 5 heteroatoms. The Bertz CT molecular complexity index is 577. The molecule has 0 aromatic heterocycles. The van der Waals surface area contributed by atoms with Crippen molar-refractivity contribution in [3.8, 4) is 11.8 Å². The van der Waals surface area contributed by atoms with Crippen molar-refractivity contribution >= 4 is 5.91 Å². The number of hydrogen-bond acceptors (Lipinski definition) is 3. The molecular formula is C16H20FN3O. The molecule has 112 valence electrons.